The molecule has 0 heterocycles. The number of benzene rings is 1. The van der Waals surface area contributed by atoms with E-state index in [4.69, 9.17) is 22.1 Å². The van der Waals surface area contributed by atoms with Crippen LogP contribution in [0.5, 0.6) is 5.75 Å². The lowest BCUT2D eigenvalue weighted by Crippen LogP contribution is -2.32. The Morgan fingerprint density at radius 2 is 2.16 bits per heavy atom. The number of hydrogen-bond acceptors (Lipinski definition) is 3. The van der Waals surface area contributed by atoms with Crippen molar-refractivity contribution in [2.45, 2.75) is 31.7 Å². The molecule has 0 radical (unpaired) electrons. The molecule has 1 amide bonds. The van der Waals surface area contributed by atoms with Crippen LogP contribution in [0.2, 0.25) is 5.02 Å². The Kier molecular flexibility index (Phi) is 5.05. The summed E-state index contributed by atoms with van der Waals surface area (Å²) >= 11 is 6.08. The molecule has 3 N–H and O–H groups in total. The normalized spacial score (nSPS) is 15.5. The zero-order valence-corrected chi connectivity index (χ0v) is 11.6. The van der Waals surface area contributed by atoms with Crippen LogP contribution < -0.4 is 15.8 Å². The number of nitrogens with one attached hydrogen (secondary N) is 1. The van der Waals surface area contributed by atoms with Crippen LogP contribution in [0.4, 0.5) is 0 Å². The van der Waals surface area contributed by atoms with Crippen LogP contribution >= 0.6 is 11.6 Å². The zero-order chi connectivity index (χ0) is 13.7. The summed E-state index contributed by atoms with van der Waals surface area (Å²) in [6, 6.07) is 5.38. The molecule has 0 unspecified atom stereocenters. The van der Waals surface area contributed by atoms with Crippen LogP contribution in [-0.4, -0.2) is 25.1 Å². The predicted molar refractivity (Wildman–Crippen MR) is 75.7 cm³/mol. The fourth-order valence-electron chi connectivity index (χ4n) is 2.27. The van der Waals surface area contributed by atoms with Crippen molar-refractivity contribution in [1.82, 2.24) is 5.32 Å². The number of carbonyl (C=O) groups excluding carboxylic acids is 1. The SMILES string of the molecule is NCCOc1ccc(C(=O)NC2CCCC2)cc1Cl. The maximum absolute atomic E-state index is 12.0. The Bertz CT molecular complexity index is 445. The van der Waals surface area contributed by atoms with E-state index in [0.29, 0.717) is 35.5 Å². The molecular weight excluding hydrogens is 264 g/mol. The third-order valence-corrected chi connectivity index (χ3v) is 3.56. The Hall–Kier alpha value is -1.26. The quantitative estimate of drug-likeness (QED) is 0.871. The largest absolute Gasteiger partial charge is 0.491 e. The van der Waals surface area contributed by atoms with Gasteiger partial charge in [-0.1, -0.05) is 24.4 Å². The summed E-state index contributed by atoms with van der Waals surface area (Å²) in [6.45, 7) is 0.841. The summed E-state index contributed by atoms with van der Waals surface area (Å²) in [5, 5.41) is 3.46. The van der Waals surface area contributed by atoms with E-state index in [0.717, 1.165) is 12.8 Å². The molecule has 5 heteroatoms. The summed E-state index contributed by atoms with van der Waals surface area (Å²) < 4.78 is 5.37. The average molecular weight is 283 g/mol. The maximum Gasteiger partial charge on any atom is 0.251 e. The fraction of sp³-hybridized carbons (Fsp3) is 0.500. The van der Waals surface area contributed by atoms with Crippen molar-refractivity contribution in [1.29, 1.82) is 0 Å². The highest BCUT2D eigenvalue weighted by Crippen LogP contribution is 2.26. The van der Waals surface area contributed by atoms with Gasteiger partial charge in [0.2, 0.25) is 0 Å². The Morgan fingerprint density at radius 3 is 2.79 bits per heavy atom. The summed E-state index contributed by atoms with van der Waals surface area (Å²) in [7, 11) is 0. The van der Waals surface area contributed by atoms with Gasteiger partial charge in [0.1, 0.15) is 12.4 Å². The summed E-state index contributed by atoms with van der Waals surface area (Å²) in [5.41, 5.74) is 5.93. The van der Waals surface area contributed by atoms with Gasteiger partial charge in [0.25, 0.3) is 5.91 Å². The van der Waals surface area contributed by atoms with Gasteiger partial charge in [-0.05, 0) is 31.0 Å². The van der Waals surface area contributed by atoms with Crippen LogP contribution in [-0.2, 0) is 0 Å². The molecule has 1 aromatic rings. The smallest absolute Gasteiger partial charge is 0.251 e. The van der Waals surface area contributed by atoms with Crippen molar-refractivity contribution in [2.24, 2.45) is 5.73 Å². The van der Waals surface area contributed by atoms with Gasteiger partial charge in [0.05, 0.1) is 5.02 Å². The minimum atomic E-state index is -0.0702. The molecular formula is C14H19ClN2O2. The highest BCUT2D eigenvalue weighted by molar-refractivity contribution is 6.32. The second kappa shape index (κ2) is 6.78. The number of ether oxygens (including phenoxy) is 1. The lowest BCUT2D eigenvalue weighted by Gasteiger charge is -2.13. The molecule has 1 aromatic carbocycles. The second-order valence-corrected chi connectivity index (χ2v) is 5.14. The van der Waals surface area contributed by atoms with Gasteiger partial charge < -0.3 is 15.8 Å². The van der Waals surface area contributed by atoms with E-state index in [1.807, 2.05) is 0 Å². The third-order valence-electron chi connectivity index (χ3n) is 3.26. The van der Waals surface area contributed by atoms with Crippen molar-refractivity contribution >= 4 is 17.5 Å². The van der Waals surface area contributed by atoms with Gasteiger partial charge in [0, 0.05) is 18.2 Å². The van der Waals surface area contributed by atoms with Crippen LogP contribution in [0.3, 0.4) is 0 Å². The van der Waals surface area contributed by atoms with Gasteiger partial charge >= 0.3 is 0 Å². The molecule has 4 nitrogen and oxygen atoms in total. The minimum absolute atomic E-state index is 0.0702. The van der Waals surface area contributed by atoms with Crippen LogP contribution in [0.15, 0.2) is 18.2 Å². The Balaban J connectivity index is 1.99. The molecule has 1 aliphatic carbocycles. The van der Waals surface area contributed by atoms with E-state index in [9.17, 15) is 4.79 Å². The van der Waals surface area contributed by atoms with Gasteiger partial charge in [-0.2, -0.15) is 0 Å². The minimum Gasteiger partial charge on any atom is -0.491 e. The maximum atomic E-state index is 12.0. The lowest BCUT2D eigenvalue weighted by molar-refractivity contribution is 0.0938. The first-order valence-electron chi connectivity index (χ1n) is 6.64. The topological polar surface area (TPSA) is 64.3 Å². The van der Waals surface area contributed by atoms with E-state index in [1.54, 1.807) is 18.2 Å². The van der Waals surface area contributed by atoms with Crippen molar-refractivity contribution in [3.05, 3.63) is 28.8 Å². The summed E-state index contributed by atoms with van der Waals surface area (Å²) in [6.07, 6.45) is 4.52. The van der Waals surface area contributed by atoms with E-state index < -0.39 is 0 Å². The third kappa shape index (κ3) is 3.85. The Morgan fingerprint density at radius 1 is 1.42 bits per heavy atom. The lowest BCUT2D eigenvalue weighted by atomic mass is 10.1. The number of amides is 1. The van der Waals surface area contributed by atoms with Crippen LogP contribution in [0, 0.1) is 0 Å². The van der Waals surface area contributed by atoms with E-state index >= 15 is 0 Å². The first-order chi connectivity index (χ1) is 9.20. The molecule has 0 aromatic heterocycles. The predicted octanol–water partition coefficient (Wildman–Crippen LogP) is 2.35. The standard InChI is InChI=1S/C14H19ClN2O2/c15-12-9-10(5-6-13(12)19-8-7-16)14(18)17-11-3-1-2-4-11/h5-6,9,11H,1-4,7-8,16H2,(H,17,18). The van der Waals surface area contributed by atoms with Crippen LogP contribution in [0.1, 0.15) is 36.0 Å². The highest BCUT2D eigenvalue weighted by Gasteiger charge is 2.18. The van der Waals surface area contributed by atoms with E-state index in [-0.39, 0.29) is 5.91 Å². The molecule has 1 saturated carbocycles. The van der Waals surface area contributed by atoms with Crippen molar-refractivity contribution < 1.29 is 9.53 Å². The molecule has 1 aliphatic rings. The fourth-order valence-corrected chi connectivity index (χ4v) is 2.50. The molecule has 0 bridgehead atoms. The van der Waals surface area contributed by atoms with Crippen molar-refractivity contribution in [3.8, 4) is 5.75 Å². The number of hydrogen-bond donors (Lipinski definition) is 2. The monoisotopic (exact) mass is 282 g/mol. The molecule has 0 spiro atoms. The molecule has 0 atom stereocenters. The van der Waals surface area contributed by atoms with Gasteiger partial charge in [-0.25, -0.2) is 0 Å². The summed E-state index contributed by atoms with van der Waals surface area (Å²) in [4.78, 5) is 12.0. The number of rotatable bonds is 5. The van der Waals surface area contributed by atoms with Crippen molar-refractivity contribution in [3.63, 3.8) is 0 Å². The number of halogens is 1. The number of carbonyl (C=O) groups is 1. The molecule has 1 fully saturated rings. The average Bonchev–Trinajstić information content (AvgIpc) is 2.90. The van der Waals surface area contributed by atoms with E-state index in [1.165, 1.54) is 12.8 Å². The van der Waals surface area contributed by atoms with Crippen molar-refractivity contribution in [2.75, 3.05) is 13.2 Å². The van der Waals surface area contributed by atoms with Gasteiger partial charge in [-0.3, -0.25) is 4.79 Å². The molecule has 19 heavy (non-hydrogen) atoms. The molecule has 0 aliphatic heterocycles. The Labute approximate surface area is 118 Å². The zero-order valence-electron chi connectivity index (χ0n) is 10.8. The molecule has 2 rings (SSSR count). The van der Waals surface area contributed by atoms with Crippen LogP contribution in [0.25, 0.3) is 0 Å². The van der Waals surface area contributed by atoms with Gasteiger partial charge in [0.15, 0.2) is 0 Å². The number of nitrogens with two attached hydrogens (primary N) is 1. The van der Waals surface area contributed by atoms with Gasteiger partial charge in [-0.15, -0.1) is 0 Å². The van der Waals surface area contributed by atoms with E-state index in [2.05, 4.69) is 5.32 Å². The first-order valence-corrected chi connectivity index (χ1v) is 7.02. The summed E-state index contributed by atoms with van der Waals surface area (Å²) in [5.74, 6) is 0.490. The highest BCUT2D eigenvalue weighted by atomic mass is 35.5. The molecule has 0 saturated heterocycles. The molecule has 104 valence electrons. The second-order valence-electron chi connectivity index (χ2n) is 4.74. The first kappa shape index (κ1) is 14.2.